The number of anilines is 1. The smallest absolute Gasteiger partial charge is 0.319 e. The largest absolute Gasteiger partial charge is 0.481 e. The number of carboxylic acid groups (broad SMARTS) is 1. The number of aliphatic carboxylic acids is 1. The molecule has 104 valence electrons. The summed E-state index contributed by atoms with van der Waals surface area (Å²) in [6.07, 6.45) is -0.0407. The van der Waals surface area contributed by atoms with Crippen molar-refractivity contribution in [3.63, 3.8) is 0 Å². The Morgan fingerprint density at radius 3 is 2.79 bits per heavy atom. The van der Waals surface area contributed by atoms with Gasteiger partial charge in [0.25, 0.3) is 0 Å². The number of nitrogens with one attached hydrogen (secondary N) is 2. The highest BCUT2D eigenvalue weighted by Crippen LogP contribution is 2.22. The van der Waals surface area contributed by atoms with Crippen LogP contribution in [0.15, 0.2) is 18.2 Å². The van der Waals surface area contributed by atoms with E-state index in [1.807, 2.05) is 0 Å². The van der Waals surface area contributed by atoms with Crippen LogP contribution in [0.5, 0.6) is 0 Å². The first-order valence-electron chi connectivity index (χ1n) is 5.60. The lowest BCUT2D eigenvalue weighted by Gasteiger charge is -2.12. The van der Waals surface area contributed by atoms with Crippen LogP contribution >= 0.6 is 11.6 Å². The van der Waals surface area contributed by atoms with Gasteiger partial charge in [-0.05, 0) is 24.1 Å². The van der Waals surface area contributed by atoms with Gasteiger partial charge in [0.05, 0.1) is 10.7 Å². The number of carboxylic acids is 1. The van der Waals surface area contributed by atoms with Crippen LogP contribution in [0.3, 0.4) is 0 Å². The molecule has 1 aromatic carbocycles. The number of benzene rings is 1. The van der Waals surface area contributed by atoms with Gasteiger partial charge in [-0.3, -0.25) is 4.79 Å². The minimum absolute atomic E-state index is 0.0407. The third-order valence-electron chi connectivity index (χ3n) is 2.31. The minimum atomic E-state index is -0.928. The van der Waals surface area contributed by atoms with E-state index in [1.165, 1.54) is 12.1 Å². The predicted octanol–water partition coefficient (Wildman–Crippen LogP) is 2.71. The summed E-state index contributed by atoms with van der Waals surface area (Å²) in [4.78, 5) is 22.0. The van der Waals surface area contributed by atoms with Crippen molar-refractivity contribution in [1.82, 2.24) is 5.32 Å². The van der Waals surface area contributed by atoms with E-state index < -0.39 is 17.8 Å². The Morgan fingerprint density at radius 2 is 2.16 bits per heavy atom. The lowest BCUT2D eigenvalue weighted by Crippen LogP contribution is -2.33. The summed E-state index contributed by atoms with van der Waals surface area (Å²) in [5, 5.41) is 13.7. The lowest BCUT2D eigenvalue weighted by atomic mass is 10.1. The van der Waals surface area contributed by atoms with E-state index in [9.17, 15) is 14.0 Å². The Hall–Kier alpha value is -1.82. The molecule has 0 saturated carbocycles. The topological polar surface area (TPSA) is 78.4 Å². The Bertz CT molecular complexity index is 482. The van der Waals surface area contributed by atoms with Gasteiger partial charge in [-0.2, -0.15) is 0 Å². The standard InChI is InChI=1S/C12H14ClFN2O3/c1-7(4-11(17)18)6-15-12(19)16-10-5-8(14)2-3-9(10)13/h2-3,5,7H,4,6H2,1H3,(H,17,18)(H2,15,16,19). The van der Waals surface area contributed by atoms with Gasteiger partial charge in [0, 0.05) is 13.0 Å². The average molecular weight is 289 g/mol. The molecule has 5 nitrogen and oxygen atoms in total. The van der Waals surface area contributed by atoms with Crippen molar-refractivity contribution < 1.29 is 19.1 Å². The highest BCUT2D eigenvalue weighted by Gasteiger charge is 2.10. The van der Waals surface area contributed by atoms with Crippen LogP contribution in [0.25, 0.3) is 0 Å². The average Bonchev–Trinajstić information content (AvgIpc) is 2.30. The fraction of sp³-hybridized carbons (Fsp3) is 0.333. The summed E-state index contributed by atoms with van der Waals surface area (Å²) < 4.78 is 13.0. The maximum Gasteiger partial charge on any atom is 0.319 e. The van der Waals surface area contributed by atoms with Crippen LogP contribution in [0.4, 0.5) is 14.9 Å². The zero-order valence-electron chi connectivity index (χ0n) is 10.2. The Balaban J connectivity index is 2.47. The molecule has 0 fully saturated rings. The fourth-order valence-electron chi connectivity index (χ4n) is 1.40. The molecule has 0 bridgehead atoms. The quantitative estimate of drug-likeness (QED) is 0.779. The highest BCUT2D eigenvalue weighted by atomic mass is 35.5. The Kier molecular flexibility index (Phi) is 5.57. The second kappa shape index (κ2) is 6.94. The first-order chi connectivity index (χ1) is 8.88. The number of carbonyl (C=O) groups excluding carboxylic acids is 1. The maximum atomic E-state index is 13.0. The molecule has 0 aromatic heterocycles. The number of urea groups is 1. The molecule has 0 aliphatic heterocycles. The van der Waals surface area contributed by atoms with Gasteiger partial charge in [0.1, 0.15) is 5.82 Å². The van der Waals surface area contributed by atoms with E-state index in [1.54, 1.807) is 6.92 Å². The molecule has 1 aromatic rings. The van der Waals surface area contributed by atoms with E-state index in [4.69, 9.17) is 16.7 Å². The molecule has 1 rings (SSSR count). The zero-order chi connectivity index (χ0) is 14.4. The molecule has 0 aliphatic carbocycles. The van der Waals surface area contributed by atoms with Crippen LogP contribution in [0.1, 0.15) is 13.3 Å². The molecule has 1 atom stereocenters. The summed E-state index contributed by atoms with van der Waals surface area (Å²) in [7, 11) is 0. The number of rotatable bonds is 5. The van der Waals surface area contributed by atoms with Gasteiger partial charge >= 0.3 is 12.0 Å². The fourth-order valence-corrected chi connectivity index (χ4v) is 1.56. The van der Waals surface area contributed by atoms with Crippen LogP contribution < -0.4 is 10.6 Å². The van der Waals surface area contributed by atoms with E-state index in [-0.39, 0.29) is 29.6 Å². The van der Waals surface area contributed by atoms with Crippen LogP contribution in [0, 0.1) is 11.7 Å². The van der Waals surface area contributed by atoms with Crippen molar-refractivity contribution in [2.24, 2.45) is 5.92 Å². The van der Waals surface area contributed by atoms with Gasteiger partial charge in [-0.15, -0.1) is 0 Å². The number of carbonyl (C=O) groups is 2. The van der Waals surface area contributed by atoms with Crippen molar-refractivity contribution in [3.05, 3.63) is 29.0 Å². The van der Waals surface area contributed by atoms with E-state index in [0.717, 1.165) is 6.07 Å². The SMILES string of the molecule is CC(CNC(=O)Nc1cc(F)ccc1Cl)CC(=O)O. The van der Waals surface area contributed by atoms with Crippen molar-refractivity contribution in [2.45, 2.75) is 13.3 Å². The third kappa shape index (κ3) is 5.56. The lowest BCUT2D eigenvalue weighted by molar-refractivity contribution is -0.137. The summed E-state index contributed by atoms with van der Waals surface area (Å²) in [6.45, 7) is 1.90. The van der Waals surface area contributed by atoms with Gasteiger partial charge in [-0.1, -0.05) is 18.5 Å². The Labute approximate surface area is 114 Å². The normalized spacial score (nSPS) is 11.7. The second-order valence-corrected chi connectivity index (χ2v) is 4.57. The second-order valence-electron chi connectivity index (χ2n) is 4.16. The van der Waals surface area contributed by atoms with Crippen LogP contribution in [-0.2, 0) is 4.79 Å². The summed E-state index contributed by atoms with van der Waals surface area (Å²) >= 11 is 5.78. The summed E-state index contributed by atoms with van der Waals surface area (Å²) in [5.74, 6) is -1.65. The molecule has 1 unspecified atom stereocenters. The van der Waals surface area contributed by atoms with Gasteiger partial charge in [-0.25, -0.2) is 9.18 Å². The molecule has 2 amide bonds. The van der Waals surface area contributed by atoms with E-state index in [0.29, 0.717) is 0 Å². The number of hydrogen-bond acceptors (Lipinski definition) is 2. The molecule has 7 heteroatoms. The molecular weight excluding hydrogens is 275 g/mol. The molecule has 0 saturated heterocycles. The number of halogens is 2. The van der Waals surface area contributed by atoms with E-state index >= 15 is 0 Å². The van der Waals surface area contributed by atoms with Crippen LogP contribution in [-0.4, -0.2) is 23.7 Å². The molecular formula is C12H14ClFN2O3. The number of hydrogen-bond donors (Lipinski definition) is 3. The summed E-state index contributed by atoms with van der Waals surface area (Å²) in [6, 6.07) is 3.05. The molecule has 0 radical (unpaired) electrons. The maximum absolute atomic E-state index is 13.0. The molecule has 0 aliphatic rings. The number of amides is 2. The predicted molar refractivity (Wildman–Crippen MR) is 69.8 cm³/mol. The van der Waals surface area contributed by atoms with E-state index in [2.05, 4.69) is 10.6 Å². The first kappa shape index (κ1) is 15.2. The van der Waals surface area contributed by atoms with Crippen LogP contribution in [0.2, 0.25) is 5.02 Å². The molecule has 19 heavy (non-hydrogen) atoms. The monoisotopic (exact) mass is 288 g/mol. The van der Waals surface area contributed by atoms with Crippen molar-refractivity contribution in [2.75, 3.05) is 11.9 Å². The van der Waals surface area contributed by atoms with Crippen molar-refractivity contribution in [1.29, 1.82) is 0 Å². The highest BCUT2D eigenvalue weighted by molar-refractivity contribution is 6.33. The van der Waals surface area contributed by atoms with Crippen molar-refractivity contribution >= 4 is 29.3 Å². The first-order valence-corrected chi connectivity index (χ1v) is 5.98. The molecule has 3 N–H and O–H groups in total. The third-order valence-corrected chi connectivity index (χ3v) is 2.64. The minimum Gasteiger partial charge on any atom is -0.481 e. The van der Waals surface area contributed by atoms with Gasteiger partial charge in [0.2, 0.25) is 0 Å². The summed E-state index contributed by atoms with van der Waals surface area (Å²) in [5.41, 5.74) is 0.157. The van der Waals surface area contributed by atoms with Gasteiger partial charge in [0.15, 0.2) is 0 Å². The molecule has 0 spiro atoms. The zero-order valence-corrected chi connectivity index (χ0v) is 11.0. The van der Waals surface area contributed by atoms with Gasteiger partial charge < -0.3 is 15.7 Å². The Morgan fingerprint density at radius 1 is 1.47 bits per heavy atom. The van der Waals surface area contributed by atoms with Crippen molar-refractivity contribution in [3.8, 4) is 0 Å². The molecule has 0 heterocycles.